The molecule has 1 N–H and O–H groups in total. The predicted octanol–water partition coefficient (Wildman–Crippen LogP) is 6.74. The number of nitrogens with zero attached hydrogens (tertiary/aromatic N) is 2. The van der Waals surface area contributed by atoms with Gasteiger partial charge in [0, 0.05) is 44.9 Å². The van der Waals surface area contributed by atoms with Crippen LogP contribution >= 0.6 is 11.3 Å². The van der Waals surface area contributed by atoms with E-state index in [0.29, 0.717) is 0 Å². The fourth-order valence-corrected chi connectivity index (χ4v) is 4.45. The summed E-state index contributed by atoms with van der Waals surface area (Å²) in [7, 11) is 1.81. The van der Waals surface area contributed by atoms with Crippen LogP contribution in [0.15, 0.2) is 82.8 Å². The molecule has 0 aliphatic heterocycles. The molecule has 0 unspecified atom stereocenters. The van der Waals surface area contributed by atoms with Gasteiger partial charge in [-0.25, -0.2) is 4.99 Å². The highest BCUT2D eigenvalue weighted by Gasteiger charge is 2.09. The molecule has 1 heterocycles. The summed E-state index contributed by atoms with van der Waals surface area (Å²) in [5.41, 5.74) is 2.09. The van der Waals surface area contributed by atoms with E-state index in [0.717, 1.165) is 35.8 Å². The van der Waals surface area contributed by atoms with Gasteiger partial charge in [0.05, 0.1) is 0 Å². The Bertz CT molecular complexity index is 1160. The molecule has 1 aromatic heterocycles. The van der Waals surface area contributed by atoms with Crippen LogP contribution in [0.2, 0.25) is 0 Å². The number of aliphatic imine (C=N–C) groups is 2. The van der Waals surface area contributed by atoms with E-state index >= 15 is 0 Å². The molecule has 0 radical (unpaired) electrons. The van der Waals surface area contributed by atoms with E-state index in [1.807, 2.05) is 29.5 Å². The number of hydrogen-bond donors (Lipinski definition) is 1. The fraction of sp³-hybridized carbons (Fsp3) is 0.167. The minimum absolute atomic E-state index is 0.756. The van der Waals surface area contributed by atoms with Crippen molar-refractivity contribution in [2.24, 2.45) is 9.98 Å². The van der Waals surface area contributed by atoms with E-state index in [2.05, 4.69) is 71.8 Å². The van der Waals surface area contributed by atoms with Gasteiger partial charge in [0.25, 0.3) is 0 Å². The maximum atomic E-state index is 4.87. The summed E-state index contributed by atoms with van der Waals surface area (Å²) < 4.78 is 2.58. The topological polar surface area (TPSA) is 36.8 Å². The molecule has 0 aliphatic rings. The molecular formula is C24H23N3S. The average Bonchev–Trinajstić information content (AvgIpc) is 3.10. The Kier molecular flexibility index (Phi) is 5.49. The third-order valence-corrected chi connectivity index (χ3v) is 5.77. The summed E-state index contributed by atoms with van der Waals surface area (Å²) in [6.07, 6.45) is 1.89. The molecule has 0 bridgehead atoms. The van der Waals surface area contributed by atoms with Crippen molar-refractivity contribution in [2.45, 2.75) is 19.8 Å². The van der Waals surface area contributed by atoms with Crippen LogP contribution in [0.25, 0.3) is 20.2 Å². The highest BCUT2D eigenvalue weighted by molar-refractivity contribution is 7.25. The second-order valence-electron chi connectivity index (χ2n) is 6.66. The molecule has 0 amide bonds. The summed E-state index contributed by atoms with van der Waals surface area (Å²) in [5.74, 6) is 1.69. The first-order valence-corrected chi connectivity index (χ1v) is 10.4. The lowest BCUT2D eigenvalue weighted by atomic mass is 10.1. The van der Waals surface area contributed by atoms with Crippen LogP contribution in [0.3, 0.4) is 0 Å². The van der Waals surface area contributed by atoms with Gasteiger partial charge < -0.3 is 5.32 Å². The van der Waals surface area contributed by atoms with E-state index in [9.17, 15) is 0 Å². The van der Waals surface area contributed by atoms with Gasteiger partial charge >= 0.3 is 0 Å². The van der Waals surface area contributed by atoms with Crippen molar-refractivity contribution in [3.05, 3.63) is 78.4 Å². The highest BCUT2D eigenvalue weighted by atomic mass is 32.1. The van der Waals surface area contributed by atoms with Gasteiger partial charge in [-0.15, -0.1) is 11.3 Å². The lowest BCUT2D eigenvalue weighted by Crippen LogP contribution is -2.14. The quantitative estimate of drug-likeness (QED) is 0.306. The highest BCUT2D eigenvalue weighted by Crippen LogP contribution is 2.34. The normalized spacial score (nSPS) is 12.6. The second kappa shape index (κ2) is 8.36. The van der Waals surface area contributed by atoms with E-state index in [4.69, 9.17) is 4.99 Å². The third kappa shape index (κ3) is 3.82. The van der Waals surface area contributed by atoms with Crippen molar-refractivity contribution in [3.63, 3.8) is 0 Å². The molecular weight excluding hydrogens is 362 g/mol. The van der Waals surface area contributed by atoms with Gasteiger partial charge in [0.2, 0.25) is 0 Å². The first-order valence-electron chi connectivity index (χ1n) is 9.56. The van der Waals surface area contributed by atoms with Crippen molar-refractivity contribution >= 4 is 48.9 Å². The van der Waals surface area contributed by atoms with Crippen LogP contribution in [-0.2, 0) is 0 Å². The van der Waals surface area contributed by atoms with Gasteiger partial charge in [0.15, 0.2) is 5.84 Å². The summed E-state index contributed by atoms with van der Waals surface area (Å²) in [5, 5.41) is 6.05. The molecule has 0 atom stereocenters. The van der Waals surface area contributed by atoms with Crippen LogP contribution in [0, 0.1) is 0 Å². The molecule has 0 spiro atoms. The first-order chi connectivity index (χ1) is 13.8. The molecule has 0 saturated heterocycles. The number of rotatable bonds is 4. The van der Waals surface area contributed by atoms with Crippen molar-refractivity contribution in [2.75, 3.05) is 12.4 Å². The number of amidine groups is 2. The number of fused-ring (bicyclic) bond motifs is 3. The Morgan fingerprint density at radius 1 is 0.893 bits per heavy atom. The van der Waals surface area contributed by atoms with Crippen molar-refractivity contribution < 1.29 is 0 Å². The number of hydrogen-bond acceptors (Lipinski definition) is 2. The van der Waals surface area contributed by atoms with Gasteiger partial charge in [-0.2, -0.15) is 0 Å². The van der Waals surface area contributed by atoms with Crippen LogP contribution in [0.1, 0.15) is 25.3 Å². The van der Waals surface area contributed by atoms with Crippen LogP contribution in [0.4, 0.5) is 5.69 Å². The van der Waals surface area contributed by atoms with E-state index in [-0.39, 0.29) is 0 Å². The van der Waals surface area contributed by atoms with Crippen molar-refractivity contribution in [1.82, 2.24) is 0 Å². The monoisotopic (exact) mass is 385 g/mol. The minimum Gasteiger partial charge on any atom is -0.344 e. The SMILES string of the molecule is CCCC(=NC(=NC)c1ccc2c(c1)sc1ccccc12)Nc1ccccc1. The van der Waals surface area contributed by atoms with Gasteiger partial charge in [-0.05, 0) is 30.7 Å². The Balaban J connectivity index is 1.70. The largest absolute Gasteiger partial charge is 0.344 e. The Morgan fingerprint density at radius 3 is 2.43 bits per heavy atom. The molecule has 4 rings (SSSR count). The smallest absolute Gasteiger partial charge is 0.156 e. The number of nitrogens with one attached hydrogen (secondary N) is 1. The number of thiophene rings is 1. The Labute approximate surface area is 169 Å². The van der Waals surface area contributed by atoms with Crippen LogP contribution in [-0.4, -0.2) is 18.7 Å². The fourth-order valence-electron chi connectivity index (χ4n) is 3.31. The standard InChI is InChI=1S/C24H23N3S/c1-3-9-23(26-18-10-5-4-6-11-18)27-24(25-2)17-14-15-20-19-12-7-8-13-21(19)28-22(20)16-17/h4-8,10-16H,3,9H2,1-2H3,(H,25,26,27). The van der Waals surface area contributed by atoms with Crippen molar-refractivity contribution in [1.29, 1.82) is 0 Å². The maximum Gasteiger partial charge on any atom is 0.156 e. The summed E-state index contributed by atoms with van der Waals surface area (Å²) in [6.45, 7) is 2.16. The summed E-state index contributed by atoms with van der Waals surface area (Å²) in [4.78, 5) is 9.35. The maximum absolute atomic E-state index is 4.87. The molecule has 3 nitrogen and oxygen atoms in total. The third-order valence-electron chi connectivity index (χ3n) is 4.64. The lowest BCUT2D eigenvalue weighted by Gasteiger charge is -2.10. The molecule has 4 aromatic rings. The zero-order valence-electron chi connectivity index (χ0n) is 16.1. The van der Waals surface area contributed by atoms with E-state index in [1.54, 1.807) is 7.05 Å². The van der Waals surface area contributed by atoms with Gasteiger partial charge in [-0.3, -0.25) is 4.99 Å². The van der Waals surface area contributed by atoms with E-state index < -0.39 is 0 Å². The van der Waals surface area contributed by atoms with Crippen LogP contribution in [0.5, 0.6) is 0 Å². The molecule has 0 aliphatic carbocycles. The minimum atomic E-state index is 0.756. The first kappa shape index (κ1) is 18.4. The molecule has 28 heavy (non-hydrogen) atoms. The molecule has 0 fully saturated rings. The summed E-state index contributed by atoms with van der Waals surface area (Å²) >= 11 is 1.82. The number of benzene rings is 3. The van der Waals surface area contributed by atoms with Gasteiger partial charge in [-0.1, -0.05) is 55.5 Å². The number of anilines is 1. The zero-order valence-corrected chi connectivity index (χ0v) is 17.0. The van der Waals surface area contributed by atoms with Gasteiger partial charge in [0.1, 0.15) is 5.84 Å². The predicted molar refractivity (Wildman–Crippen MR) is 124 cm³/mol. The molecule has 3 aromatic carbocycles. The second-order valence-corrected chi connectivity index (χ2v) is 7.74. The number of para-hydroxylation sites is 1. The lowest BCUT2D eigenvalue weighted by molar-refractivity contribution is 0.990. The van der Waals surface area contributed by atoms with Crippen LogP contribution < -0.4 is 5.32 Å². The Hall–Kier alpha value is -2.98. The van der Waals surface area contributed by atoms with E-state index in [1.165, 1.54) is 20.2 Å². The summed E-state index contributed by atoms with van der Waals surface area (Å²) in [6, 6.07) is 25.2. The molecule has 140 valence electrons. The average molecular weight is 386 g/mol. The zero-order chi connectivity index (χ0) is 19.3. The Morgan fingerprint density at radius 2 is 1.64 bits per heavy atom. The van der Waals surface area contributed by atoms with Crippen molar-refractivity contribution in [3.8, 4) is 0 Å². The molecule has 0 saturated carbocycles. The molecule has 4 heteroatoms.